The number of carbonyl (C=O) groups is 3. The first kappa shape index (κ1) is 16.5. The van der Waals surface area contributed by atoms with Gasteiger partial charge >= 0.3 is 18.0 Å². The molecule has 2 unspecified atom stereocenters. The Morgan fingerprint density at radius 2 is 1.81 bits per heavy atom. The van der Waals surface area contributed by atoms with E-state index in [1.54, 1.807) is 31.2 Å². The molecule has 0 saturated heterocycles. The Labute approximate surface area is 121 Å². The molecule has 1 aromatic carbocycles. The largest absolute Gasteiger partial charge is 0.481 e. The predicted molar refractivity (Wildman–Crippen MR) is 72.8 cm³/mol. The molecule has 0 aliphatic heterocycles. The van der Waals surface area contributed by atoms with Gasteiger partial charge in [0.05, 0.1) is 6.42 Å². The van der Waals surface area contributed by atoms with E-state index in [-0.39, 0.29) is 0 Å². The standard InChI is InChI=1S/C14H17NO6/c1-9(10-6-4-3-5-7-10)21-13(20)15-14(2,12(18)19)8-11(16)17/h3-7,9H,8H2,1-2H3,(H,15,20)(H,16,17)(H,18,19). The minimum atomic E-state index is -1.93. The average Bonchev–Trinajstić information content (AvgIpc) is 2.38. The first-order valence-electron chi connectivity index (χ1n) is 6.23. The zero-order valence-electron chi connectivity index (χ0n) is 11.7. The van der Waals surface area contributed by atoms with E-state index >= 15 is 0 Å². The van der Waals surface area contributed by atoms with Crippen molar-refractivity contribution in [1.82, 2.24) is 5.32 Å². The lowest BCUT2D eigenvalue weighted by Gasteiger charge is -2.25. The van der Waals surface area contributed by atoms with Crippen molar-refractivity contribution < 1.29 is 29.3 Å². The van der Waals surface area contributed by atoms with Gasteiger partial charge in [0.15, 0.2) is 0 Å². The van der Waals surface area contributed by atoms with Gasteiger partial charge in [-0.3, -0.25) is 4.79 Å². The molecule has 0 aliphatic carbocycles. The third-order valence-electron chi connectivity index (χ3n) is 2.91. The van der Waals surface area contributed by atoms with Crippen molar-refractivity contribution in [3.63, 3.8) is 0 Å². The highest BCUT2D eigenvalue weighted by molar-refractivity contribution is 5.88. The molecule has 0 fully saturated rings. The summed E-state index contributed by atoms with van der Waals surface area (Å²) in [5.41, 5.74) is -1.19. The highest BCUT2D eigenvalue weighted by Gasteiger charge is 2.38. The van der Waals surface area contributed by atoms with Crippen LogP contribution >= 0.6 is 0 Å². The maximum absolute atomic E-state index is 11.7. The number of carboxylic acids is 2. The van der Waals surface area contributed by atoms with Crippen LogP contribution in [0, 0.1) is 0 Å². The molecule has 0 aromatic heterocycles. The highest BCUT2D eigenvalue weighted by Crippen LogP contribution is 2.17. The molecule has 21 heavy (non-hydrogen) atoms. The molecule has 1 amide bonds. The van der Waals surface area contributed by atoms with Gasteiger partial charge in [0.1, 0.15) is 11.6 Å². The molecule has 0 saturated carbocycles. The summed E-state index contributed by atoms with van der Waals surface area (Å²) in [7, 11) is 0. The zero-order chi connectivity index (χ0) is 16.0. The average molecular weight is 295 g/mol. The molecular weight excluding hydrogens is 278 g/mol. The molecule has 7 heteroatoms. The van der Waals surface area contributed by atoms with Gasteiger partial charge in [-0.25, -0.2) is 9.59 Å². The van der Waals surface area contributed by atoms with Crippen molar-refractivity contribution in [2.45, 2.75) is 31.9 Å². The fourth-order valence-corrected chi connectivity index (χ4v) is 1.68. The van der Waals surface area contributed by atoms with Gasteiger partial charge in [0, 0.05) is 0 Å². The Bertz CT molecular complexity index is 530. The Balaban J connectivity index is 2.71. The Morgan fingerprint density at radius 3 is 2.29 bits per heavy atom. The zero-order valence-corrected chi connectivity index (χ0v) is 11.7. The van der Waals surface area contributed by atoms with Crippen molar-refractivity contribution in [3.8, 4) is 0 Å². The Kier molecular flexibility index (Phi) is 5.29. The second-order valence-corrected chi connectivity index (χ2v) is 4.79. The summed E-state index contributed by atoms with van der Waals surface area (Å²) in [6, 6.07) is 8.87. The molecule has 1 aromatic rings. The van der Waals surface area contributed by atoms with Gasteiger partial charge in [-0.05, 0) is 19.4 Å². The predicted octanol–water partition coefficient (Wildman–Crippen LogP) is 1.79. The maximum Gasteiger partial charge on any atom is 0.408 e. The molecule has 0 spiro atoms. The number of ether oxygens (including phenoxy) is 1. The number of carbonyl (C=O) groups excluding carboxylic acids is 1. The lowest BCUT2D eigenvalue weighted by Crippen LogP contribution is -2.53. The van der Waals surface area contributed by atoms with Crippen LogP contribution in [0.2, 0.25) is 0 Å². The number of alkyl carbamates (subject to hydrolysis) is 1. The van der Waals surface area contributed by atoms with E-state index in [1.165, 1.54) is 0 Å². The monoisotopic (exact) mass is 295 g/mol. The summed E-state index contributed by atoms with van der Waals surface area (Å²) in [4.78, 5) is 33.5. The SMILES string of the molecule is CC(OC(=O)NC(C)(CC(=O)O)C(=O)O)c1ccccc1. The van der Waals surface area contributed by atoms with Gasteiger partial charge < -0.3 is 20.3 Å². The van der Waals surface area contributed by atoms with Crippen molar-refractivity contribution in [2.24, 2.45) is 0 Å². The Morgan fingerprint density at radius 1 is 1.24 bits per heavy atom. The van der Waals surface area contributed by atoms with Gasteiger partial charge in [-0.15, -0.1) is 0 Å². The number of nitrogens with one attached hydrogen (secondary N) is 1. The van der Waals surface area contributed by atoms with E-state index in [1.807, 2.05) is 6.07 Å². The minimum absolute atomic E-state index is 0.589. The van der Waals surface area contributed by atoms with Crippen LogP contribution in [0.4, 0.5) is 4.79 Å². The smallest absolute Gasteiger partial charge is 0.408 e. The molecule has 0 heterocycles. The number of carboxylic acid groups (broad SMARTS) is 2. The molecular formula is C14H17NO6. The maximum atomic E-state index is 11.7. The highest BCUT2D eigenvalue weighted by atomic mass is 16.6. The number of amides is 1. The van der Waals surface area contributed by atoms with Crippen LogP contribution in [0.3, 0.4) is 0 Å². The normalized spacial score (nSPS) is 14.6. The van der Waals surface area contributed by atoms with Gasteiger partial charge in [0.25, 0.3) is 0 Å². The number of aliphatic carboxylic acids is 2. The lowest BCUT2D eigenvalue weighted by molar-refractivity contribution is -0.150. The molecule has 0 radical (unpaired) electrons. The molecule has 0 aliphatic rings. The second kappa shape index (κ2) is 6.74. The van der Waals surface area contributed by atoms with Crippen LogP contribution in [0.25, 0.3) is 0 Å². The van der Waals surface area contributed by atoms with E-state index in [0.717, 1.165) is 12.5 Å². The molecule has 1 rings (SSSR count). The number of rotatable bonds is 6. The third kappa shape index (κ3) is 4.79. The Hall–Kier alpha value is -2.57. The van der Waals surface area contributed by atoms with E-state index < -0.39 is 36.1 Å². The fourth-order valence-electron chi connectivity index (χ4n) is 1.68. The van der Waals surface area contributed by atoms with E-state index in [9.17, 15) is 14.4 Å². The molecule has 7 nitrogen and oxygen atoms in total. The van der Waals surface area contributed by atoms with Crippen molar-refractivity contribution in [2.75, 3.05) is 0 Å². The van der Waals surface area contributed by atoms with Crippen LogP contribution in [0.15, 0.2) is 30.3 Å². The van der Waals surface area contributed by atoms with Crippen molar-refractivity contribution in [3.05, 3.63) is 35.9 Å². The van der Waals surface area contributed by atoms with E-state index in [4.69, 9.17) is 14.9 Å². The molecule has 114 valence electrons. The van der Waals surface area contributed by atoms with Crippen LogP contribution in [0.1, 0.15) is 31.9 Å². The first-order chi connectivity index (χ1) is 9.74. The van der Waals surface area contributed by atoms with Crippen LogP contribution in [-0.4, -0.2) is 33.8 Å². The van der Waals surface area contributed by atoms with Gasteiger partial charge in [-0.2, -0.15) is 0 Å². The number of hydrogen-bond donors (Lipinski definition) is 3. The van der Waals surface area contributed by atoms with Crippen molar-refractivity contribution in [1.29, 1.82) is 0 Å². The molecule has 3 N–H and O–H groups in total. The van der Waals surface area contributed by atoms with Gasteiger partial charge in [0.2, 0.25) is 0 Å². The van der Waals surface area contributed by atoms with Crippen molar-refractivity contribution >= 4 is 18.0 Å². The summed E-state index contributed by atoms with van der Waals surface area (Å²) >= 11 is 0. The summed E-state index contributed by atoms with van der Waals surface area (Å²) in [6.45, 7) is 2.74. The van der Waals surface area contributed by atoms with Gasteiger partial charge in [-0.1, -0.05) is 30.3 Å². The summed E-state index contributed by atoms with van der Waals surface area (Å²) < 4.78 is 5.06. The third-order valence-corrected chi connectivity index (χ3v) is 2.91. The topological polar surface area (TPSA) is 113 Å². The van der Waals surface area contributed by atoms with E-state index in [2.05, 4.69) is 5.32 Å². The summed E-state index contributed by atoms with van der Waals surface area (Å²) in [5.74, 6) is -2.79. The quantitative estimate of drug-likeness (QED) is 0.737. The summed E-state index contributed by atoms with van der Waals surface area (Å²) in [5, 5.41) is 19.8. The molecule has 2 atom stereocenters. The van der Waals surface area contributed by atoms with Crippen LogP contribution in [0.5, 0.6) is 0 Å². The minimum Gasteiger partial charge on any atom is -0.481 e. The summed E-state index contributed by atoms with van der Waals surface area (Å²) in [6.07, 6.45) is -2.33. The number of benzene rings is 1. The van der Waals surface area contributed by atoms with Crippen LogP contribution in [-0.2, 0) is 14.3 Å². The lowest BCUT2D eigenvalue weighted by atomic mass is 9.98. The van der Waals surface area contributed by atoms with Crippen LogP contribution < -0.4 is 5.32 Å². The second-order valence-electron chi connectivity index (χ2n) is 4.79. The fraction of sp³-hybridized carbons (Fsp3) is 0.357. The first-order valence-corrected chi connectivity index (χ1v) is 6.23. The molecule has 0 bridgehead atoms. The van der Waals surface area contributed by atoms with E-state index in [0.29, 0.717) is 0 Å². The number of hydrogen-bond acceptors (Lipinski definition) is 4.